The Morgan fingerprint density at radius 3 is 2.92 bits per heavy atom. The molecule has 2 N–H and O–H groups in total. The van der Waals surface area contributed by atoms with E-state index in [-0.39, 0.29) is 31.4 Å². The molecule has 0 aliphatic carbocycles. The van der Waals surface area contributed by atoms with E-state index in [0.29, 0.717) is 0 Å². The second-order valence-corrected chi connectivity index (χ2v) is 2.44. The highest BCUT2D eigenvalue weighted by molar-refractivity contribution is 6.18. The molecule has 0 bridgehead atoms. The number of carbonyl (C=O) groups is 2. The molecule has 0 aromatic carbocycles. The van der Waals surface area contributed by atoms with Crippen LogP contribution in [0.25, 0.3) is 0 Å². The van der Waals surface area contributed by atoms with Crippen LogP contribution < -0.4 is 5.32 Å². The molecule has 5 nitrogen and oxygen atoms in total. The standard InChI is InChI=1S/C7H10N2O3/c10-2-1-8-3-5-6(11)4-9-7(5)12/h3,5,10H,1-2,4H2,(H,9,12)/t5-/m1/s1. The third-order valence-electron chi connectivity index (χ3n) is 1.55. The van der Waals surface area contributed by atoms with E-state index in [9.17, 15) is 9.59 Å². The van der Waals surface area contributed by atoms with Crippen molar-refractivity contribution < 1.29 is 14.7 Å². The molecule has 1 atom stereocenters. The van der Waals surface area contributed by atoms with Gasteiger partial charge >= 0.3 is 0 Å². The summed E-state index contributed by atoms with van der Waals surface area (Å²) in [6.07, 6.45) is 1.29. The first-order chi connectivity index (χ1) is 5.75. The molecule has 0 saturated carbocycles. The summed E-state index contributed by atoms with van der Waals surface area (Å²) < 4.78 is 0. The summed E-state index contributed by atoms with van der Waals surface area (Å²) in [4.78, 5) is 25.6. The average molecular weight is 170 g/mol. The van der Waals surface area contributed by atoms with Gasteiger partial charge in [-0.1, -0.05) is 0 Å². The molecular weight excluding hydrogens is 160 g/mol. The van der Waals surface area contributed by atoms with Crippen LogP contribution in [-0.4, -0.2) is 42.7 Å². The fraction of sp³-hybridized carbons (Fsp3) is 0.571. The Morgan fingerprint density at radius 1 is 1.67 bits per heavy atom. The van der Waals surface area contributed by atoms with E-state index in [1.807, 2.05) is 0 Å². The molecule has 1 rings (SSSR count). The molecule has 1 fully saturated rings. The Labute approximate surface area is 69.5 Å². The highest BCUT2D eigenvalue weighted by Gasteiger charge is 2.30. The summed E-state index contributed by atoms with van der Waals surface area (Å²) in [5.74, 6) is -1.21. The van der Waals surface area contributed by atoms with Crippen molar-refractivity contribution in [1.29, 1.82) is 0 Å². The maximum Gasteiger partial charge on any atom is 0.236 e. The SMILES string of the molecule is O=C1CNC(=O)[C@@H]1C=NCCO. The van der Waals surface area contributed by atoms with Crippen molar-refractivity contribution in [3.63, 3.8) is 0 Å². The fourth-order valence-electron chi connectivity index (χ4n) is 0.929. The second kappa shape index (κ2) is 3.96. The lowest BCUT2D eigenvalue weighted by Gasteiger charge is -1.94. The van der Waals surface area contributed by atoms with Gasteiger partial charge in [-0.15, -0.1) is 0 Å². The van der Waals surface area contributed by atoms with Crippen LogP contribution in [0.15, 0.2) is 4.99 Å². The van der Waals surface area contributed by atoms with Gasteiger partial charge in [0.15, 0.2) is 5.78 Å². The Hall–Kier alpha value is -1.23. The molecule has 0 radical (unpaired) electrons. The third kappa shape index (κ3) is 1.88. The zero-order valence-corrected chi connectivity index (χ0v) is 6.49. The van der Waals surface area contributed by atoms with Crippen molar-refractivity contribution in [2.75, 3.05) is 19.7 Å². The lowest BCUT2D eigenvalue weighted by atomic mass is 10.1. The minimum Gasteiger partial charge on any atom is -0.394 e. The van der Waals surface area contributed by atoms with Crippen LogP contribution >= 0.6 is 0 Å². The number of hydrogen-bond donors (Lipinski definition) is 2. The molecule has 66 valence electrons. The highest BCUT2D eigenvalue weighted by Crippen LogP contribution is 2.01. The summed E-state index contributed by atoms with van der Waals surface area (Å²) >= 11 is 0. The van der Waals surface area contributed by atoms with Gasteiger partial charge in [0, 0.05) is 6.21 Å². The van der Waals surface area contributed by atoms with Crippen molar-refractivity contribution >= 4 is 17.9 Å². The van der Waals surface area contributed by atoms with Gasteiger partial charge in [0.25, 0.3) is 0 Å². The first-order valence-electron chi connectivity index (χ1n) is 3.67. The molecule has 1 amide bonds. The van der Waals surface area contributed by atoms with Crippen molar-refractivity contribution in [3.8, 4) is 0 Å². The van der Waals surface area contributed by atoms with E-state index in [2.05, 4.69) is 10.3 Å². The normalized spacial score (nSPS) is 23.6. The van der Waals surface area contributed by atoms with Crippen molar-refractivity contribution in [2.45, 2.75) is 0 Å². The van der Waals surface area contributed by atoms with Gasteiger partial charge in [0.05, 0.1) is 19.7 Å². The largest absolute Gasteiger partial charge is 0.394 e. The summed E-state index contributed by atoms with van der Waals surface area (Å²) in [6, 6.07) is 0. The summed E-state index contributed by atoms with van der Waals surface area (Å²) in [7, 11) is 0. The van der Waals surface area contributed by atoms with Gasteiger partial charge in [-0.2, -0.15) is 0 Å². The Balaban J connectivity index is 2.50. The molecular formula is C7H10N2O3. The molecule has 1 aliphatic heterocycles. The Kier molecular flexibility index (Phi) is 2.93. The van der Waals surface area contributed by atoms with Crippen molar-refractivity contribution in [1.82, 2.24) is 5.32 Å². The van der Waals surface area contributed by atoms with Crippen LogP contribution in [0.2, 0.25) is 0 Å². The summed E-state index contributed by atoms with van der Waals surface area (Å²) in [5, 5.41) is 10.8. The minimum absolute atomic E-state index is 0.0704. The van der Waals surface area contributed by atoms with Crippen LogP contribution in [0.4, 0.5) is 0 Å². The quantitative estimate of drug-likeness (QED) is 0.394. The molecule has 1 heterocycles. The molecule has 0 unspecified atom stereocenters. The predicted molar refractivity (Wildman–Crippen MR) is 42.0 cm³/mol. The number of aliphatic hydroxyl groups is 1. The molecule has 12 heavy (non-hydrogen) atoms. The first kappa shape index (κ1) is 8.86. The van der Waals surface area contributed by atoms with Gasteiger partial charge in [-0.25, -0.2) is 0 Å². The van der Waals surface area contributed by atoms with Crippen LogP contribution in [0.3, 0.4) is 0 Å². The number of nitrogens with zero attached hydrogens (tertiary/aromatic N) is 1. The zero-order valence-electron chi connectivity index (χ0n) is 6.49. The molecule has 5 heteroatoms. The maximum atomic E-state index is 10.9. The van der Waals surface area contributed by atoms with Crippen LogP contribution in [0, 0.1) is 5.92 Å². The summed E-state index contributed by atoms with van der Waals surface area (Å²) in [6.45, 7) is 0.255. The minimum atomic E-state index is -0.739. The highest BCUT2D eigenvalue weighted by atomic mass is 16.3. The lowest BCUT2D eigenvalue weighted by Crippen LogP contribution is -2.21. The van der Waals surface area contributed by atoms with E-state index < -0.39 is 5.92 Å². The third-order valence-corrected chi connectivity index (χ3v) is 1.55. The van der Waals surface area contributed by atoms with Crippen molar-refractivity contribution in [2.24, 2.45) is 10.9 Å². The zero-order chi connectivity index (χ0) is 8.97. The van der Waals surface area contributed by atoms with E-state index in [4.69, 9.17) is 5.11 Å². The van der Waals surface area contributed by atoms with Gasteiger partial charge in [-0.05, 0) is 0 Å². The average Bonchev–Trinajstić information content (AvgIpc) is 2.35. The lowest BCUT2D eigenvalue weighted by molar-refractivity contribution is -0.124. The van der Waals surface area contributed by atoms with Gasteiger partial charge in [0.2, 0.25) is 5.91 Å². The number of amides is 1. The van der Waals surface area contributed by atoms with Gasteiger partial charge < -0.3 is 10.4 Å². The molecule has 0 aromatic rings. The number of rotatable bonds is 3. The fourth-order valence-corrected chi connectivity index (χ4v) is 0.929. The number of carbonyl (C=O) groups excluding carboxylic acids is 2. The van der Waals surface area contributed by atoms with E-state index in [0.717, 1.165) is 0 Å². The van der Waals surface area contributed by atoms with E-state index in [1.54, 1.807) is 0 Å². The number of hydrogen-bond acceptors (Lipinski definition) is 4. The first-order valence-corrected chi connectivity index (χ1v) is 3.67. The Morgan fingerprint density at radius 2 is 2.42 bits per heavy atom. The van der Waals surface area contributed by atoms with Gasteiger partial charge in [0.1, 0.15) is 5.92 Å². The number of ketones is 1. The van der Waals surface area contributed by atoms with Crippen LogP contribution in [-0.2, 0) is 9.59 Å². The molecule has 1 saturated heterocycles. The number of aliphatic imine (C=N–C) groups is 1. The number of aliphatic hydroxyl groups excluding tert-OH is 1. The predicted octanol–water partition coefficient (Wildman–Crippen LogP) is -1.64. The van der Waals surface area contributed by atoms with Crippen LogP contribution in [0.1, 0.15) is 0 Å². The topological polar surface area (TPSA) is 78.8 Å². The number of Topliss-reactive ketones (excluding diaryl/α,β-unsaturated/α-hetero) is 1. The monoisotopic (exact) mass is 170 g/mol. The smallest absolute Gasteiger partial charge is 0.236 e. The number of nitrogens with one attached hydrogen (secondary N) is 1. The maximum absolute atomic E-state index is 10.9. The molecule has 1 aliphatic rings. The van der Waals surface area contributed by atoms with E-state index >= 15 is 0 Å². The second-order valence-electron chi connectivity index (χ2n) is 2.44. The molecule has 0 spiro atoms. The van der Waals surface area contributed by atoms with Gasteiger partial charge in [-0.3, -0.25) is 14.6 Å². The van der Waals surface area contributed by atoms with E-state index in [1.165, 1.54) is 6.21 Å². The molecule has 0 aromatic heterocycles. The summed E-state index contributed by atoms with van der Waals surface area (Å²) in [5.41, 5.74) is 0. The van der Waals surface area contributed by atoms with Crippen molar-refractivity contribution in [3.05, 3.63) is 0 Å². The van der Waals surface area contributed by atoms with Crippen LogP contribution in [0.5, 0.6) is 0 Å². The Bertz CT molecular complexity index is 209.